The molecule has 22 heavy (non-hydrogen) atoms. The molecule has 1 aromatic rings. The summed E-state index contributed by atoms with van der Waals surface area (Å²) in [6.07, 6.45) is 2.71. The second-order valence-corrected chi connectivity index (χ2v) is 7.15. The van der Waals surface area contributed by atoms with Crippen LogP contribution in [0, 0.1) is 5.92 Å². The van der Waals surface area contributed by atoms with E-state index in [-0.39, 0.29) is 5.91 Å². The predicted molar refractivity (Wildman–Crippen MR) is 90.1 cm³/mol. The lowest BCUT2D eigenvalue weighted by atomic mass is 10.1. The quantitative estimate of drug-likeness (QED) is 0.654. The summed E-state index contributed by atoms with van der Waals surface area (Å²) >= 11 is 1.80. The first-order valence-corrected chi connectivity index (χ1v) is 8.85. The third-order valence-corrected chi connectivity index (χ3v) is 5.47. The van der Waals surface area contributed by atoms with E-state index in [2.05, 4.69) is 34.0 Å². The fourth-order valence-electron chi connectivity index (χ4n) is 2.80. The van der Waals surface area contributed by atoms with Crippen LogP contribution in [0.25, 0.3) is 0 Å². The van der Waals surface area contributed by atoms with Crippen LogP contribution in [0.1, 0.15) is 30.2 Å². The number of nitrogens with zero attached hydrogens (tertiary/aromatic N) is 2. The zero-order valence-corrected chi connectivity index (χ0v) is 14.1. The molecule has 2 N–H and O–H groups in total. The summed E-state index contributed by atoms with van der Waals surface area (Å²) in [5.41, 5.74) is 1.32. The summed E-state index contributed by atoms with van der Waals surface area (Å²) < 4.78 is 0. The SMILES string of the molecule is CN=C(NCCC(=O)N1CCc2sccc2C1)NC1CC1C. The van der Waals surface area contributed by atoms with Crippen LogP contribution in [0.15, 0.2) is 16.4 Å². The van der Waals surface area contributed by atoms with Crippen LogP contribution < -0.4 is 10.6 Å². The molecular weight excluding hydrogens is 296 g/mol. The van der Waals surface area contributed by atoms with Gasteiger partial charge in [0.05, 0.1) is 0 Å². The Hall–Kier alpha value is -1.56. The molecule has 6 heteroatoms. The fraction of sp³-hybridized carbons (Fsp3) is 0.625. The van der Waals surface area contributed by atoms with E-state index in [0.29, 0.717) is 19.0 Å². The van der Waals surface area contributed by atoms with Crippen molar-refractivity contribution in [3.8, 4) is 0 Å². The maximum Gasteiger partial charge on any atom is 0.224 e. The van der Waals surface area contributed by atoms with Crippen molar-refractivity contribution in [1.29, 1.82) is 0 Å². The summed E-state index contributed by atoms with van der Waals surface area (Å²) in [7, 11) is 1.77. The number of fused-ring (bicyclic) bond motifs is 1. The highest BCUT2D eigenvalue weighted by atomic mass is 32.1. The first-order valence-electron chi connectivity index (χ1n) is 7.97. The average Bonchev–Trinajstić information content (AvgIpc) is 3.02. The third kappa shape index (κ3) is 3.61. The molecule has 1 amide bonds. The molecule has 0 spiro atoms. The van der Waals surface area contributed by atoms with Crippen molar-refractivity contribution in [2.75, 3.05) is 20.1 Å². The monoisotopic (exact) mass is 320 g/mol. The standard InChI is InChI=1S/C16H24N4OS/c1-11-9-13(11)19-16(17-2)18-6-3-15(21)20-7-4-14-12(10-20)5-8-22-14/h5,8,11,13H,3-4,6-7,9-10H2,1-2H3,(H2,17,18,19). The number of hydrogen-bond acceptors (Lipinski definition) is 3. The van der Waals surface area contributed by atoms with Gasteiger partial charge in [-0.05, 0) is 35.8 Å². The molecular formula is C16H24N4OS. The molecule has 0 radical (unpaired) electrons. The molecule has 1 aromatic heterocycles. The van der Waals surface area contributed by atoms with Crippen LogP contribution in [0.4, 0.5) is 0 Å². The van der Waals surface area contributed by atoms with Crippen LogP contribution in [-0.2, 0) is 17.8 Å². The minimum atomic E-state index is 0.222. The van der Waals surface area contributed by atoms with Crippen molar-refractivity contribution < 1.29 is 4.79 Å². The van der Waals surface area contributed by atoms with Gasteiger partial charge in [0.2, 0.25) is 5.91 Å². The van der Waals surface area contributed by atoms with E-state index in [4.69, 9.17) is 0 Å². The van der Waals surface area contributed by atoms with Crippen molar-refractivity contribution in [3.63, 3.8) is 0 Å². The van der Waals surface area contributed by atoms with E-state index in [0.717, 1.165) is 31.4 Å². The van der Waals surface area contributed by atoms with Gasteiger partial charge in [-0.25, -0.2) is 0 Å². The van der Waals surface area contributed by atoms with Gasteiger partial charge in [-0.1, -0.05) is 6.92 Å². The summed E-state index contributed by atoms with van der Waals surface area (Å²) in [5.74, 6) is 1.76. The average molecular weight is 320 g/mol. The molecule has 1 aliphatic heterocycles. The maximum atomic E-state index is 12.3. The summed E-state index contributed by atoms with van der Waals surface area (Å²) in [6.45, 7) is 4.47. The van der Waals surface area contributed by atoms with Gasteiger partial charge >= 0.3 is 0 Å². The molecule has 120 valence electrons. The molecule has 2 heterocycles. The molecule has 2 atom stereocenters. The highest BCUT2D eigenvalue weighted by Gasteiger charge is 2.33. The molecule has 1 aliphatic carbocycles. The van der Waals surface area contributed by atoms with Crippen molar-refractivity contribution in [2.24, 2.45) is 10.9 Å². The van der Waals surface area contributed by atoms with Crippen molar-refractivity contribution in [1.82, 2.24) is 15.5 Å². The van der Waals surface area contributed by atoms with Gasteiger partial charge in [-0.2, -0.15) is 0 Å². The predicted octanol–water partition coefficient (Wildman–Crippen LogP) is 1.60. The Balaban J connectivity index is 1.41. The second-order valence-electron chi connectivity index (χ2n) is 6.15. The van der Waals surface area contributed by atoms with E-state index in [1.807, 2.05) is 4.90 Å². The summed E-state index contributed by atoms with van der Waals surface area (Å²) in [4.78, 5) is 19.9. The van der Waals surface area contributed by atoms with Crippen LogP contribution in [0.2, 0.25) is 0 Å². The molecule has 0 bridgehead atoms. The molecule has 2 aliphatic rings. The minimum absolute atomic E-state index is 0.222. The molecule has 1 fully saturated rings. The largest absolute Gasteiger partial charge is 0.356 e. The molecule has 1 saturated carbocycles. The summed E-state index contributed by atoms with van der Waals surface area (Å²) in [6, 6.07) is 2.68. The Morgan fingerprint density at radius 2 is 2.36 bits per heavy atom. The second kappa shape index (κ2) is 6.69. The normalized spacial score (nSPS) is 23.9. The zero-order valence-electron chi connectivity index (χ0n) is 13.3. The number of guanidine groups is 1. The van der Waals surface area contributed by atoms with Crippen LogP contribution >= 0.6 is 11.3 Å². The van der Waals surface area contributed by atoms with E-state index in [1.54, 1.807) is 18.4 Å². The Bertz CT molecular complexity index is 568. The van der Waals surface area contributed by atoms with E-state index >= 15 is 0 Å². The van der Waals surface area contributed by atoms with Gasteiger partial charge in [0.1, 0.15) is 0 Å². The molecule has 0 aromatic carbocycles. The van der Waals surface area contributed by atoms with Gasteiger partial charge in [0.15, 0.2) is 5.96 Å². The minimum Gasteiger partial charge on any atom is -0.356 e. The van der Waals surface area contributed by atoms with E-state index in [9.17, 15) is 4.79 Å². The fourth-order valence-corrected chi connectivity index (χ4v) is 3.69. The van der Waals surface area contributed by atoms with Crippen molar-refractivity contribution in [3.05, 3.63) is 21.9 Å². The Kier molecular flexibility index (Phi) is 4.66. The Morgan fingerprint density at radius 1 is 1.55 bits per heavy atom. The highest BCUT2D eigenvalue weighted by molar-refractivity contribution is 7.10. The molecule has 3 rings (SSSR count). The van der Waals surface area contributed by atoms with Gasteiger partial charge in [0, 0.05) is 44.0 Å². The summed E-state index contributed by atoms with van der Waals surface area (Å²) in [5, 5.41) is 8.73. The Morgan fingerprint density at radius 3 is 3.09 bits per heavy atom. The number of rotatable bonds is 4. The van der Waals surface area contributed by atoms with Crippen molar-refractivity contribution in [2.45, 2.75) is 38.8 Å². The number of carbonyl (C=O) groups is 1. The highest BCUT2D eigenvalue weighted by Crippen LogP contribution is 2.28. The number of hydrogen-bond donors (Lipinski definition) is 2. The first-order chi connectivity index (χ1) is 10.7. The lowest BCUT2D eigenvalue weighted by Gasteiger charge is -2.27. The number of thiophene rings is 1. The van der Waals surface area contributed by atoms with Gasteiger partial charge in [-0.3, -0.25) is 9.79 Å². The maximum absolute atomic E-state index is 12.3. The van der Waals surface area contributed by atoms with Crippen molar-refractivity contribution >= 4 is 23.2 Å². The van der Waals surface area contributed by atoms with Gasteiger partial charge < -0.3 is 15.5 Å². The van der Waals surface area contributed by atoms with Gasteiger partial charge in [-0.15, -0.1) is 11.3 Å². The smallest absolute Gasteiger partial charge is 0.224 e. The zero-order chi connectivity index (χ0) is 15.5. The lowest BCUT2D eigenvalue weighted by molar-refractivity contribution is -0.131. The van der Waals surface area contributed by atoms with E-state index < -0.39 is 0 Å². The molecule has 2 unspecified atom stereocenters. The van der Waals surface area contributed by atoms with E-state index in [1.165, 1.54) is 16.9 Å². The number of amides is 1. The van der Waals surface area contributed by atoms with Crippen LogP contribution in [-0.4, -0.2) is 42.9 Å². The number of carbonyl (C=O) groups excluding carboxylic acids is 1. The lowest BCUT2D eigenvalue weighted by Crippen LogP contribution is -2.42. The number of nitrogens with one attached hydrogen (secondary N) is 2. The van der Waals surface area contributed by atoms with Gasteiger partial charge in [0.25, 0.3) is 0 Å². The van der Waals surface area contributed by atoms with Crippen LogP contribution in [0.3, 0.4) is 0 Å². The molecule has 0 saturated heterocycles. The number of aliphatic imine (C=N–C) groups is 1. The Labute approximate surface area is 135 Å². The topological polar surface area (TPSA) is 56.7 Å². The molecule has 5 nitrogen and oxygen atoms in total. The third-order valence-electron chi connectivity index (χ3n) is 4.45. The first kappa shape index (κ1) is 15.3. The van der Waals surface area contributed by atoms with Crippen LogP contribution in [0.5, 0.6) is 0 Å².